The van der Waals surface area contributed by atoms with E-state index in [9.17, 15) is 14.9 Å². The molecule has 4 aromatic heterocycles. The van der Waals surface area contributed by atoms with Gasteiger partial charge in [0.2, 0.25) is 0 Å². The van der Waals surface area contributed by atoms with Crippen LogP contribution >= 0.6 is 11.3 Å². The molecule has 1 atom stereocenters. The number of ether oxygens (including phenoxy) is 1. The number of nitriles is 1. The van der Waals surface area contributed by atoms with E-state index in [1.54, 1.807) is 34.3 Å². The van der Waals surface area contributed by atoms with E-state index in [1.807, 2.05) is 13.0 Å². The SMILES string of the molecule is Cc1cccn2c(=O)c3cc(C#N)c(=NC(=O)c4cccs4)n(CC4CCCO4)c3nc12. The van der Waals surface area contributed by atoms with Crippen LogP contribution in [0.3, 0.4) is 0 Å². The molecular formula is C23H19N5O3S. The molecule has 0 saturated carbocycles. The molecule has 5 heterocycles. The minimum absolute atomic E-state index is 0.111. The van der Waals surface area contributed by atoms with Crippen molar-refractivity contribution in [3.8, 4) is 6.07 Å². The van der Waals surface area contributed by atoms with Crippen molar-refractivity contribution in [3.05, 3.63) is 73.8 Å². The lowest BCUT2D eigenvalue weighted by Crippen LogP contribution is -2.33. The van der Waals surface area contributed by atoms with Crippen molar-refractivity contribution in [1.29, 1.82) is 5.26 Å². The number of aromatic nitrogens is 3. The fraction of sp³-hybridized carbons (Fsp3) is 0.261. The van der Waals surface area contributed by atoms with Crippen molar-refractivity contribution in [3.63, 3.8) is 0 Å². The lowest BCUT2D eigenvalue weighted by atomic mass is 10.2. The van der Waals surface area contributed by atoms with Gasteiger partial charge in [0.25, 0.3) is 11.5 Å². The summed E-state index contributed by atoms with van der Waals surface area (Å²) in [5.41, 5.74) is 1.81. The Kier molecular flexibility index (Phi) is 5.17. The number of thiophene rings is 1. The third-order valence-electron chi connectivity index (χ3n) is 5.58. The van der Waals surface area contributed by atoms with Crippen LogP contribution in [0.2, 0.25) is 0 Å². The van der Waals surface area contributed by atoms with Crippen molar-refractivity contribution in [1.82, 2.24) is 14.0 Å². The molecular weight excluding hydrogens is 426 g/mol. The fourth-order valence-corrected chi connectivity index (χ4v) is 4.61. The fourth-order valence-electron chi connectivity index (χ4n) is 4.01. The van der Waals surface area contributed by atoms with Crippen LogP contribution in [0.5, 0.6) is 0 Å². The highest BCUT2D eigenvalue weighted by molar-refractivity contribution is 7.12. The Morgan fingerprint density at radius 1 is 1.38 bits per heavy atom. The zero-order chi connectivity index (χ0) is 22.2. The molecule has 0 aromatic carbocycles. The summed E-state index contributed by atoms with van der Waals surface area (Å²) in [6, 6.07) is 10.7. The number of pyridine rings is 2. The first-order valence-electron chi connectivity index (χ1n) is 10.3. The number of nitrogens with zero attached hydrogens (tertiary/aromatic N) is 5. The van der Waals surface area contributed by atoms with Gasteiger partial charge in [0.15, 0.2) is 5.49 Å². The van der Waals surface area contributed by atoms with Crippen molar-refractivity contribution < 1.29 is 9.53 Å². The first-order valence-corrected chi connectivity index (χ1v) is 11.1. The average molecular weight is 446 g/mol. The molecule has 1 unspecified atom stereocenters. The van der Waals surface area contributed by atoms with Crippen molar-refractivity contribution in [2.45, 2.75) is 32.4 Å². The molecule has 1 aliphatic rings. The van der Waals surface area contributed by atoms with E-state index in [0.29, 0.717) is 34.7 Å². The maximum absolute atomic E-state index is 13.3. The summed E-state index contributed by atoms with van der Waals surface area (Å²) in [6.45, 7) is 2.88. The molecule has 0 N–H and O–H groups in total. The van der Waals surface area contributed by atoms with Gasteiger partial charge in [-0.05, 0) is 48.9 Å². The summed E-state index contributed by atoms with van der Waals surface area (Å²) in [7, 11) is 0. The van der Waals surface area contributed by atoms with E-state index in [1.165, 1.54) is 21.8 Å². The first kappa shape index (κ1) is 20.3. The summed E-state index contributed by atoms with van der Waals surface area (Å²) in [6.07, 6.45) is 3.32. The van der Waals surface area contributed by atoms with Crippen molar-refractivity contribution in [2.24, 2.45) is 4.99 Å². The van der Waals surface area contributed by atoms with Crippen LogP contribution in [0, 0.1) is 18.3 Å². The van der Waals surface area contributed by atoms with Gasteiger partial charge in [-0.25, -0.2) is 4.98 Å². The maximum atomic E-state index is 13.3. The number of carbonyl (C=O) groups excluding carboxylic acids is 1. The van der Waals surface area contributed by atoms with Gasteiger partial charge in [-0.3, -0.25) is 14.0 Å². The predicted molar refractivity (Wildman–Crippen MR) is 120 cm³/mol. The number of aryl methyl sites for hydroxylation is 1. The molecule has 160 valence electrons. The van der Waals surface area contributed by atoms with Gasteiger partial charge in [-0.1, -0.05) is 12.1 Å². The van der Waals surface area contributed by atoms with Crippen LogP contribution in [0.1, 0.15) is 33.6 Å². The van der Waals surface area contributed by atoms with Crippen LogP contribution in [-0.2, 0) is 11.3 Å². The third-order valence-corrected chi connectivity index (χ3v) is 6.43. The highest BCUT2D eigenvalue weighted by Gasteiger charge is 2.21. The Morgan fingerprint density at radius 3 is 2.97 bits per heavy atom. The molecule has 4 aromatic rings. The minimum Gasteiger partial charge on any atom is -0.376 e. The van der Waals surface area contributed by atoms with Gasteiger partial charge in [-0.15, -0.1) is 11.3 Å². The lowest BCUT2D eigenvalue weighted by Gasteiger charge is -2.17. The van der Waals surface area contributed by atoms with Gasteiger partial charge < -0.3 is 9.30 Å². The highest BCUT2D eigenvalue weighted by atomic mass is 32.1. The van der Waals surface area contributed by atoms with E-state index in [2.05, 4.69) is 11.1 Å². The van der Waals surface area contributed by atoms with Crippen LogP contribution in [0.15, 0.2) is 51.7 Å². The van der Waals surface area contributed by atoms with E-state index in [4.69, 9.17) is 9.72 Å². The minimum atomic E-state index is -0.439. The Balaban J connectivity index is 1.88. The second-order valence-corrected chi connectivity index (χ2v) is 8.62. The molecule has 32 heavy (non-hydrogen) atoms. The standard InChI is InChI=1S/C23H19N5O3S/c1-14-5-2-8-27-19(14)25-21-17(23(27)30)11-15(12-24)20(26-22(29)18-7-4-10-32-18)28(21)13-16-6-3-9-31-16/h2,4-5,7-8,10-11,16H,3,6,9,13H2,1H3. The van der Waals surface area contributed by atoms with Crippen LogP contribution in [0.25, 0.3) is 16.7 Å². The van der Waals surface area contributed by atoms with Crippen LogP contribution in [0.4, 0.5) is 0 Å². The smallest absolute Gasteiger partial charge is 0.289 e. The molecule has 8 nitrogen and oxygen atoms in total. The largest absolute Gasteiger partial charge is 0.376 e. The predicted octanol–water partition coefficient (Wildman–Crippen LogP) is 2.81. The van der Waals surface area contributed by atoms with Gasteiger partial charge >= 0.3 is 0 Å². The Bertz CT molecular complexity index is 1520. The highest BCUT2D eigenvalue weighted by Crippen LogP contribution is 2.18. The maximum Gasteiger partial charge on any atom is 0.289 e. The monoisotopic (exact) mass is 445 g/mol. The van der Waals surface area contributed by atoms with Crippen LogP contribution in [-0.4, -0.2) is 32.6 Å². The third kappa shape index (κ3) is 3.43. The molecule has 9 heteroatoms. The molecule has 0 aliphatic carbocycles. The Labute approximate surface area is 186 Å². The average Bonchev–Trinajstić information content (AvgIpc) is 3.50. The van der Waals surface area contributed by atoms with Crippen LogP contribution < -0.4 is 11.0 Å². The van der Waals surface area contributed by atoms with E-state index in [0.717, 1.165) is 18.4 Å². The molecule has 1 amide bonds. The topological polar surface area (TPSA) is 102 Å². The number of carbonyl (C=O) groups is 1. The summed E-state index contributed by atoms with van der Waals surface area (Å²) in [4.78, 5) is 35.7. The molecule has 1 fully saturated rings. The lowest BCUT2D eigenvalue weighted by molar-refractivity contribution is 0.0953. The second-order valence-electron chi connectivity index (χ2n) is 7.67. The van der Waals surface area contributed by atoms with E-state index < -0.39 is 5.91 Å². The Hall–Kier alpha value is -3.61. The zero-order valence-corrected chi connectivity index (χ0v) is 18.1. The van der Waals surface area contributed by atoms with Gasteiger partial charge in [0.05, 0.1) is 28.5 Å². The van der Waals surface area contributed by atoms with Gasteiger partial charge in [0.1, 0.15) is 17.4 Å². The summed E-state index contributed by atoms with van der Waals surface area (Å²) in [5, 5.41) is 12.0. The normalized spacial score (nSPS) is 16.6. The Morgan fingerprint density at radius 2 is 2.25 bits per heavy atom. The summed E-state index contributed by atoms with van der Waals surface area (Å²) in [5.74, 6) is -0.439. The zero-order valence-electron chi connectivity index (χ0n) is 17.3. The van der Waals surface area contributed by atoms with E-state index in [-0.39, 0.29) is 22.7 Å². The number of hydrogen-bond acceptors (Lipinski definition) is 6. The molecule has 0 spiro atoms. The summed E-state index contributed by atoms with van der Waals surface area (Å²) < 4.78 is 8.99. The second kappa shape index (κ2) is 8.15. The van der Waals surface area contributed by atoms with Gasteiger partial charge in [0, 0.05) is 12.8 Å². The number of hydrogen-bond donors (Lipinski definition) is 0. The number of rotatable bonds is 3. The number of fused-ring (bicyclic) bond motifs is 2. The number of amides is 1. The van der Waals surface area contributed by atoms with Crippen molar-refractivity contribution >= 4 is 33.9 Å². The van der Waals surface area contributed by atoms with Crippen molar-refractivity contribution in [2.75, 3.05) is 6.61 Å². The molecule has 1 saturated heterocycles. The molecule has 0 radical (unpaired) electrons. The first-order chi connectivity index (χ1) is 15.6. The summed E-state index contributed by atoms with van der Waals surface area (Å²) >= 11 is 1.28. The molecule has 1 aliphatic heterocycles. The molecule has 0 bridgehead atoms. The molecule has 5 rings (SSSR count). The van der Waals surface area contributed by atoms with Gasteiger partial charge in [-0.2, -0.15) is 10.3 Å². The quantitative estimate of drug-likeness (QED) is 0.451. The van der Waals surface area contributed by atoms with E-state index >= 15 is 0 Å².